The lowest BCUT2D eigenvalue weighted by molar-refractivity contribution is 0.302. The Bertz CT molecular complexity index is 608. The fourth-order valence-electron chi connectivity index (χ4n) is 2.36. The van der Waals surface area contributed by atoms with Crippen molar-refractivity contribution in [3.8, 4) is 11.5 Å². The number of rotatable bonds is 6. The highest BCUT2D eigenvalue weighted by atomic mass is 16.5. The smallest absolute Gasteiger partial charge is 0.124 e. The third-order valence-electron chi connectivity index (χ3n) is 3.60. The summed E-state index contributed by atoms with van der Waals surface area (Å²) in [6, 6.07) is 15.8. The second-order valence-electron chi connectivity index (χ2n) is 5.34. The van der Waals surface area contributed by atoms with E-state index in [1.807, 2.05) is 55.5 Å². The molecule has 0 amide bonds. The first-order chi connectivity index (χ1) is 10.3. The van der Waals surface area contributed by atoms with Gasteiger partial charge in [-0.05, 0) is 43.5 Å². The molecule has 0 aromatic heterocycles. The second-order valence-corrected chi connectivity index (χ2v) is 5.34. The zero-order valence-corrected chi connectivity index (χ0v) is 12.3. The first-order valence-electron chi connectivity index (χ1n) is 7.52. The van der Waals surface area contributed by atoms with Gasteiger partial charge in [-0.25, -0.2) is 0 Å². The Morgan fingerprint density at radius 3 is 2.71 bits per heavy atom. The van der Waals surface area contributed by atoms with Crippen molar-refractivity contribution < 1.29 is 9.47 Å². The summed E-state index contributed by atoms with van der Waals surface area (Å²) in [5.74, 6) is 1.75. The molecule has 1 aliphatic carbocycles. The number of ether oxygens (including phenoxy) is 2. The van der Waals surface area contributed by atoms with Crippen LogP contribution >= 0.6 is 0 Å². The average Bonchev–Trinajstić information content (AvgIpc) is 3.32. The summed E-state index contributed by atoms with van der Waals surface area (Å²) >= 11 is 0. The Kier molecular flexibility index (Phi) is 4.11. The molecule has 1 fully saturated rings. The van der Waals surface area contributed by atoms with E-state index in [9.17, 15) is 0 Å². The summed E-state index contributed by atoms with van der Waals surface area (Å²) in [5.41, 5.74) is 8.47. The Hall–Kier alpha value is -2.00. The number of para-hydroxylation sites is 1. The van der Waals surface area contributed by atoms with Crippen molar-refractivity contribution in [3.05, 3.63) is 59.7 Å². The Morgan fingerprint density at radius 1 is 1.14 bits per heavy atom. The molecule has 1 atom stereocenters. The maximum atomic E-state index is 6.43. The minimum Gasteiger partial charge on any atom is -0.494 e. The first kappa shape index (κ1) is 14.0. The molecule has 21 heavy (non-hydrogen) atoms. The van der Waals surface area contributed by atoms with Crippen LogP contribution in [0.25, 0.3) is 0 Å². The highest BCUT2D eigenvalue weighted by Crippen LogP contribution is 2.32. The molecule has 3 nitrogen and oxygen atoms in total. The van der Waals surface area contributed by atoms with Crippen molar-refractivity contribution in [1.29, 1.82) is 0 Å². The quantitative estimate of drug-likeness (QED) is 0.879. The van der Waals surface area contributed by atoms with Gasteiger partial charge in [-0.2, -0.15) is 0 Å². The van der Waals surface area contributed by atoms with E-state index in [4.69, 9.17) is 15.2 Å². The number of nitrogens with two attached hydrogens (primary N) is 1. The standard InChI is InChI=1S/C18H21NO2/c1-2-20-17-9-4-3-8-16(17)18(19)13-6-5-7-15(12-13)21-14-10-11-14/h3-9,12,14,18H,2,10-11,19H2,1H3. The SMILES string of the molecule is CCOc1ccccc1C(N)c1cccc(OC2CC2)c1. The number of benzene rings is 2. The molecule has 0 bridgehead atoms. The van der Waals surface area contributed by atoms with Gasteiger partial charge in [0, 0.05) is 5.56 Å². The normalized spacial score (nSPS) is 15.5. The summed E-state index contributed by atoms with van der Waals surface area (Å²) in [7, 11) is 0. The first-order valence-corrected chi connectivity index (χ1v) is 7.52. The molecule has 2 aromatic carbocycles. The van der Waals surface area contributed by atoms with Crippen molar-refractivity contribution >= 4 is 0 Å². The highest BCUT2D eigenvalue weighted by Gasteiger charge is 2.23. The average molecular weight is 283 g/mol. The summed E-state index contributed by atoms with van der Waals surface area (Å²) in [6.07, 6.45) is 2.71. The molecule has 2 aromatic rings. The summed E-state index contributed by atoms with van der Waals surface area (Å²) in [5, 5.41) is 0. The van der Waals surface area contributed by atoms with Crippen LogP contribution in [0.4, 0.5) is 0 Å². The van der Waals surface area contributed by atoms with E-state index >= 15 is 0 Å². The van der Waals surface area contributed by atoms with Crippen LogP contribution in [0.2, 0.25) is 0 Å². The third-order valence-corrected chi connectivity index (χ3v) is 3.60. The molecule has 3 rings (SSSR count). The van der Waals surface area contributed by atoms with Crippen LogP contribution in [0.5, 0.6) is 11.5 Å². The van der Waals surface area contributed by atoms with Gasteiger partial charge in [-0.15, -0.1) is 0 Å². The predicted molar refractivity (Wildman–Crippen MR) is 83.7 cm³/mol. The monoisotopic (exact) mass is 283 g/mol. The zero-order valence-electron chi connectivity index (χ0n) is 12.3. The molecule has 1 unspecified atom stereocenters. The molecule has 0 aliphatic heterocycles. The van der Waals surface area contributed by atoms with E-state index in [0.29, 0.717) is 12.7 Å². The fraction of sp³-hybridized carbons (Fsp3) is 0.333. The molecule has 0 heterocycles. The van der Waals surface area contributed by atoms with Gasteiger partial charge in [0.05, 0.1) is 18.8 Å². The Morgan fingerprint density at radius 2 is 1.95 bits per heavy atom. The number of hydrogen-bond acceptors (Lipinski definition) is 3. The van der Waals surface area contributed by atoms with Gasteiger partial charge in [0.2, 0.25) is 0 Å². The molecule has 110 valence electrons. The lowest BCUT2D eigenvalue weighted by Gasteiger charge is -2.17. The van der Waals surface area contributed by atoms with Crippen molar-refractivity contribution in [2.24, 2.45) is 5.73 Å². The van der Waals surface area contributed by atoms with E-state index in [1.165, 1.54) is 0 Å². The maximum Gasteiger partial charge on any atom is 0.124 e. The molecule has 1 saturated carbocycles. The van der Waals surface area contributed by atoms with Gasteiger partial charge < -0.3 is 15.2 Å². The molecule has 1 aliphatic rings. The van der Waals surface area contributed by atoms with Gasteiger partial charge in [-0.3, -0.25) is 0 Å². The maximum absolute atomic E-state index is 6.43. The zero-order chi connectivity index (χ0) is 14.7. The van der Waals surface area contributed by atoms with E-state index in [-0.39, 0.29) is 6.04 Å². The molecular formula is C18H21NO2. The van der Waals surface area contributed by atoms with Crippen LogP contribution in [0.1, 0.15) is 36.9 Å². The topological polar surface area (TPSA) is 44.5 Å². The third kappa shape index (κ3) is 3.37. The van der Waals surface area contributed by atoms with Crippen LogP contribution in [-0.2, 0) is 0 Å². The molecule has 3 heteroatoms. The minimum absolute atomic E-state index is 0.212. The molecule has 0 spiro atoms. The van der Waals surface area contributed by atoms with Gasteiger partial charge in [-0.1, -0.05) is 30.3 Å². The highest BCUT2D eigenvalue weighted by molar-refractivity contribution is 5.43. The fourth-order valence-corrected chi connectivity index (χ4v) is 2.36. The number of hydrogen-bond donors (Lipinski definition) is 1. The van der Waals surface area contributed by atoms with E-state index < -0.39 is 0 Å². The van der Waals surface area contributed by atoms with Crippen molar-refractivity contribution in [2.45, 2.75) is 31.9 Å². The van der Waals surface area contributed by atoms with E-state index in [2.05, 4.69) is 0 Å². The molecule has 0 saturated heterocycles. The summed E-state index contributed by atoms with van der Waals surface area (Å²) in [6.45, 7) is 2.61. The molecule has 2 N–H and O–H groups in total. The van der Waals surface area contributed by atoms with Gasteiger partial charge >= 0.3 is 0 Å². The van der Waals surface area contributed by atoms with Crippen LogP contribution in [0.3, 0.4) is 0 Å². The van der Waals surface area contributed by atoms with Gasteiger partial charge in [0.15, 0.2) is 0 Å². The van der Waals surface area contributed by atoms with Crippen LogP contribution in [-0.4, -0.2) is 12.7 Å². The van der Waals surface area contributed by atoms with E-state index in [1.54, 1.807) is 0 Å². The predicted octanol–water partition coefficient (Wildman–Crippen LogP) is 3.67. The van der Waals surface area contributed by atoms with E-state index in [0.717, 1.165) is 35.5 Å². The lowest BCUT2D eigenvalue weighted by Crippen LogP contribution is -2.13. The van der Waals surface area contributed by atoms with Crippen LogP contribution < -0.4 is 15.2 Å². The minimum atomic E-state index is -0.212. The van der Waals surface area contributed by atoms with Crippen molar-refractivity contribution in [2.75, 3.05) is 6.61 Å². The molecular weight excluding hydrogens is 262 g/mol. The summed E-state index contributed by atoms with van der Waals surface area (Å²) < 4.78 is 11.5. The second kappa shape index (κ2) is 6.19. The van der Waals surface area contributed by atoms with Crippen LogP contribution in [0, 0.1) is 0 Å². The Labute approximate surface area is 125 Å². The Balaban J connectivity index is 1.85. The summed E-state index contributed by atoms with van der Waals surface area (Å²) in [4.78, 5) is 0. The van der Waals surface area contributed by atoms with Gasteiger partial charge in [0.1, 0.15) is 11.5 Å². The largest absolute Gasteiger partial charge is 0.494 e. The van der Waals surface area contributed by atoms with Crippen LogP contribution in [0.15, 0.2) is 48.5 Å². The molecule has 0 radical (unpaired) electrons. The van der Waals surface area contributed by atoms with Crippen molar-refractivity contribution in [1.82, 2.24) is 0 Å². The van der Waals surface area contributed by atoms with Gasteiger partial charge in [0.25, 0.3) is 0 Å². The lowest BCUT2D eigenvalue weighted by atomic mass is 9.98. The van der Waals surface area contributed by atoms with Crippen molar-refractivity contribution in [3.63, 3.8) is 0 Å².